The minimum Gasteiger partial charge on any atom is -0.444 e. The fourth-order valence-electron chi connectivity index (χ4n) is 5.79. The quantitative estimate of drug-likeness (QED) is 0.524. The summed E-state index contributed by atoms with van der Waals surface area (Å²) < 4.78 is 46.1. The van der Waals surface area contributed by atoms with E-state index in [1.54, 1.807) is 16.0 Å². The van der Waals surface area contributed by atoms with E-state index in [0.717, 1.165) is 21.5 Å². The number of piperidine rings is 1. The smallest absolute Gasteiger partial charge is 0.444 e. The highest BCUT2D eigenvalue weighted by Gasteiger charge is 2.42. The number of ether oxygens (including phenoxy) is 1. The van der Waals surface area contributed by atoms with Gasteiger partial charge in [-0.1, -0.05) is 18.5 Å². The number of carbonyl (C=O) groups is 2. The average molecular weight is 584 g/mol. The molecular weight excluding hydrogens is 551 g/mol. The van der Waals surface area contributed by atoms with Crippen molar-refractivity contribution in [1.29, 1.82) is 0 Å². The van der Waals surface area contributed by atoms with Crippen LogP contribution in [0.2, 0.25) is 5.02 Å². The summed E-state index contributed by atoms with van der Waals surface area (Å²) in [6, 6.07) is 0. The molecule has 0 unspecified atom stereocenters. The van der Waals surface area contributed by atoms with E-state index in [1.165, 1.54) is 0 Å². The zero-order valence-corrected chi connectivity index (χ0v) is 23.7. The third-order valence-corrected chi connectivity index (χ3v) is 7.95. The van der Waals surface area contributed by atoms with E-state index in [-0.39, 0.29) is 49.3 Å². The van der Waals surface area contributed by atoms with E-state index in [9.17, 15) is 22.8 Å². The van der Waals surface area contributed by atoms with Crippen molar-refractivity contribution in [2.45, 2.75) is 71.9 Å². The van der Waals surface area contributed by atoms with Gasteiger partial charge < -0.3 is 24.0 Å². The molecule has 10 nitrogen and oxygen atoms in total. The van der Waals surface area contributed by atoms with Crippen molar-refractivity contribution in [2.24, 2.45) is 11.8 Å². The molecule has 1 saturated heterocycles. The summed E-state index contributed by atoms with van der Waals surface area (Å²) in [5.41, 5.74) is 2.07. The van der Waals surface area contributed by atoms with Gasteiger partial charge in [-0.25, -0.2) is 4.79 Å². The first-order valence-corrected chi connectivity index (χ1v) is 13.8. The number of carbonyl (C=O) groups excluding carboxylic acids is 2. The SMILES string of the molecule is C[C@@H]1CN(c2c(Cl)cnc3c2CCN(C(=O)OC(C)(C)C)C3)CC[C@@H]1C(=O)N1CCn2c(nnc2C(F)(F)F)C1. The molecule has 2 atom stereocenters. The number of rotatable bonds is 2. The van der Waals surface area contributed by atoms with E-state index in [2.05, 4.69) is 20.1 Å². The molecule has 1 fully saturated rings. The van der Waals surface area contributed by atoms with E-state index >= 15 is 0 Å². The molecule has 14 heteroatoms. The van der Waals surface area contributed by atoms with Crippen LogP contribution in [0, 0.1) is 11.8 Å². The van der Waals surface area contributed by atoms with Gasteiger partial charge in [0.25, 0.3) is 0 Å². The van der Waals surface area contributed by atoms with Gasteiger partial charge in [-0.05, 0) is 39.5 Å². The first-order valence-electron chi connectivity index (χ1n) is 13.4. The molecule has 0 radical (unpaired) electrons. The lowest BCUT2D eigenvalue weighted by Gasteiger charge is -2.42. The molecule has 2 aromatic heterocycles. The standard InChI is InChI=1S/C26H33ClF3N7O3/c1-15-12-34(21-17-6-8-36(24(39)40-25(2,3)4)13-19(17)31-11-18(21)27)7-5-16(15)22(38)35-9-10-37-20(14-35)32-33-23(37)26(28,29)30/h11,15-16H,5-10,12-14H2,1-4H3/t15-,16+/m1/s1. The van der Waals surface area contributed by atoms with Crippen LogP contribution in [0.25, 0.3) is 0 Å². The molecule has 5 heterocycles. The summed E-state index contributed by atoms with van der Waals surface area (Å²) in [6.45, 7) is 9.68. The number of amides is 2. The summed E-state index contributed by atoms with van der Waals surface area (Å²) in [5, 5.41) is 7.52. The molecule has 40 heavy (non-hydrogen) atoms. The maximum absolute atomic E-state index is 13.5. The Morgan fingerprint density at radius 2 is 1.80 bits per heavy atom. The molecule has 0 spiro atoms. The summed E-state index contributed by atoms with van der Waals surface area (Å²) in [7, 11) is 0. The maximum Gasteiger partial charge on any atom is 0.451 e. The minimum atomic E-state index is -4.58. The van der Waals surface area contributed by atoms with Crippen LogP contribution in [-0.2, 0) is 41.8 Å². The van der Waals surface area contributed by atoms with E-state index in [4.69, 9.17) is 16.3 Å². The highest BCUT2D eigenvalue weighted by atomic mass is 35.5. The zero-order valence-electron chi connectivity index (χ0n) is 23.0. The van der Waals surface area contributed by atoms with Crippen molar-refractivity contribution in [3.8, 4) is 0 Å². The summed E-state index contributed by atoms with van der Waals surface area (Å²) in [4.78, 5) is 36.0. The number of hydrogen-bond donors (Lipinski definition) is 0. The van der Waals surface area contributed by atoms with E-state index < -0.39 is 17.6 Å². The third-order valence-electron chi connectivity index (χ3n) is 7.68. The van der Waals surface area contributed by atoms with Gasteiger partial charge in [0.1, 0.15) is 5.60 Å². The van der Waals surface area contributed by atoms with Crippen molar-refractivity contribution in [3.63, 3.8) is 0 Å². The van der Waals surface area contributed by atoms with Gasteiger partial charge in [0, 0.05) is 50.4 Å². The lowest BCUT2D eigenvalue weighted by molar-refractivity contribution is -0.148. The molecule has 0 bridgehead atoms. The number of fused-ring (bicyclic) bond motifs is 2. The number of halogens is 4. The van der Waals surface area contributed by atoms with Crippen molar-refractivity contribution < 1.29 is 27.5 Å². The monoisotopic (exact) mass is 583 g/mol. The van der Waals surface area contributed by atoms with Gasteiger partial charge in [0.15, 0.2) is 5.82 Å². The Kier molecular flexibility index (Phi) is 7.38. The van der Waals surface area contributed by atoms with Crippen LogP contribution in [0.1, 0.15) is 57.0 Å². The van der Waals surface area contributed by atoms with Crippen molar-refractivity contribution >= 4 is 29.3 Å². The van der Waals surface area contributed by atoms with Gasteiger partial charge in [-0.2, -0.15) is 13.2 Å². The Bertz CT molecular complexity index is 1310. The van der Waals surface area contributed by atoms with Crippen LogP contribution < -0.4 is 4.90 Å². The Labute approximate surface area is 235 Å². The topological polar surface area (TPSA) is 96.7 Å². The summed E-state index contributed by atoms with van der Waals surface area (Å²) >= 11 is 6.65. The molecule has 3 aliphatic rings. The van der Waals surface area contributed by atoms with Gasteiger partial charge >= 0.3 is 12.3 Å². The van der Waals surface area contributed by atoms with Crippen LogP contribution in [-0.4, -0.2) is 73.3 Å². The molecule has 218 valence electrons. The maximum atomic E-state index is 13.5. The number of pyridine rings is 1. The third kappa shape index (κ3) is 5.57. The number of hydrogen-bond acceptors (Lipinski definition) is 7. The average Bonchev–Trinajstić information content (AvgIpc) is 3.31. The molecule has 0 aliphatic carbocycles. The van der Waals surface area contributed by atoms with E-state index in [1.807, 2.05) is 27.7 Å². The molecule has 3 aliphatic heterocycles. The second kappa shape index (κ2) is 10.4. The highest BCUT2D eigenvalue weighted by Crippen LogP contribution is 2.38. The Balaban J connectivity index is 1.26. The Morgan fingerprint density at radius 3 is 2.48 bits per heavy atom. The second-order valence-corrected chi connectivity index (χ2v) is 12.1. The van der Waals surface area contributed by atoms with Crippen LogP contribution in [0.15, 0.2) is 6.20 Å². The first kappa shape index (κ1) is 28.4. The Morgan fingerprint density at radius 1 is 1.05 bits per heavy atom. The fraction of sp³-hybridized carbons (Fsp3) is 0.654. The first-order chi connectivity index (χ1) is 18.7. The number of alkyl halides is 3. The van der Waals surface area contributed by atoms with E-state index in [0.29, 0.717) is 44.0 Å². The van der Waals surface area contributed by atoms with Crippen molar-refractivity contribution in [1.82, 2.24) is 29.5 Å². The fourth-order valence-corrected chi connectivity index (χ4v) is 6.07. The summed E-state index contributed by atoms with van der Waals surface area (Å²) in [5.74, 6) is -1.25. The highest BCUT2D eigenvalue weighted by molar-refractivity contribution is 6.33. The van der Waals surface area contributed by atoms with Gasteiger partial charge in [-0.15, -0.1) is 10.2 Å². The number of anilines is 1. The minimum absolute atomic E-state index is 0.00663. The van der Waals surface area contributed by atoms with Crippen LogP contribution in [0.5, 0.6) is 0 Å². The predicted octanol–water partition coefficient (Wildman–Crippen LogP) is 4.14. The molecule has 2 amide bonds. The molecule has 0 N–H and O–H groups in total. The second-order valence-electron chi connectivity index (χ2n) is 11.7. The molecule has 0 saturated carbocycles. The summed E-state index contributed by atoms with van der Waals surface area (Å²) in [6.07, 6.45) is -2.20. The normalized spacial score (nSPS) is 21.6. The largest absolute Gasteiger partial charge is 0.451 e. The number of nitrogens with zero attached hydrogens (tertiary/aromatic N) is 7. The van der Waals surface area contributed by atoms with Crippen molar-refractivity contribution in [3.05, 3.63) is 34.1 Å². The van der Waals surface area contributed by atoms with Crippen LogP contribution in [0.4, 0.5) is 23.7 Å². The lowest BCUT2D eigenvalue weighted by Crippen LogP contribution is -2.49. The molecule has 5 rings (SSSR count). The van der Waals surface area contributed by atoms with Crippen molar-refractivity contribution in [2.75, 3.05) is 31.1 Å². The number of aromatic nitrogens is 4. The molecular formula is C26H33ClF3N7O3. The predicted molar refractivity (Wildman–Crippen MR) is 140 cm³/mol. The van der Waals surface area contributed by atoms with Gasteiger partial charge in [-0.3, -0.25) is 9.78 Å². The molecule has 0 aromatic carbocycles. The zero-order chi connectivity index (χ0) is 29.0. The molecule has 2 aromatic rings. The van der Waals surface area contributed by atoms with Crippen LogP contribution >= 0.6 is 11.6 Å². The van der Waals surface area contributed by atoms with Crippen LogP contribution in [0.3, 0.4) is 0 Å². The van der Waals surface area contributed by atoms with Gasteiger partial charge in [0.2, 0.25) is 11.7 Å². The van der Waals surface area contributed by atoms with Gasteiger partial charge in [0.05, 0.1) is 29.5 Å². The lowest BCUT2D eigenvalue weighted by atomic mass is 9.85. The Hall–Kier alpha value is -3.09.